The number of rotatable bonds is 10. The smallest absolute Gasteiger partial charge is 0.143 e. The highest BCUT2D eigenvalue weighted by molar-refractivity contribution is 5.47. The Morgan fingerprint density at radius 3 is 1.57 bits per heavy atom. The van der Waals surface area contributed by atoms with E-state index in [4.69, 9.17) is 9.47 Å². The fraction of sp³-hybridized carbons (Fsp3) is 0.302. The summed E-state index contributed by atoms with van der Waals surface area (Å²) in [5.41, 5.74) is 4.56. The zero-order chi connectivity index (χ0) is 32.9. The van der Waals surface area contributed by atoms with E-state index in [2.05, 4.69) is 159 Å². The molecular weight excluding hydrogens is 578 g/mol. The highest BCUT2D eigenvalue weighted by Gasteiger charge is 2.49. The molecule has 4 unspecified atom stereocenters. The minimum atomic E-state index is -0.843. The van der Waals surface area contributed by atoms with E-state index in [1.54, 1.807) is 7.11 Å². The maximum Gasteiger partial charge on any atom is 0.143 e. The van der Waals surface area contributed by atoms with Crippen LogP contribution in [0.3, 0.4) is 0 Å². The Labute approximate surface area is 280 Å². The first-order valence-electron chi connectivity index (χ1n) is 16.7. The van der Waals surface area contributed by atoms with Crippen molar-refractivity contribution < 1.29 is 14.6 Å². The Kier molecular flexibility index (Phi) is 9.93. The third-order valence-electron chi connectivity index (χ3n) is 9.73. The molecule has 0 aliphatic carbocycles. The molecule has 6 rings (SSSR count). The summed E-state index contributed by atoms with van der Waals surface area (Å²) in [6.45, 7) is 8.70. The standard InChI is InChI=1S/C43H47NO3/c1-42(2,3)41-40(45)39(33-25-27-38(46-4)28-26-33)34(30-44(41)29-32-17-9-5-10-18-32)31-47-43(35-19-11-6-12-20-35,36-21-13-7-14-22-36)37-23-15-8-16-24-37/h5-28,34,39-41,45H,29-31H2,1-4H3. The van der Waals surface area contributed by atoms with Crippen LogP contribution in [-0.2, 0) is 16.9 Å². The summed E-state index contributed by atoms with van der Waals surface area (Å²) in [5.74, 6) is 0.662. The lowest BCUT2D eigenvalue weighted by Crippen LogP contribution is -2.60. The molecule has 4 atom stereocenters. The van der Waals surface area contributed by atoms with Crippen LogP contribution in [0.15, 0.2) is 146 Å². The number of aliphatic hydroxyl groups excluding tert-OH is 1. The predicted octanol–water partition coefficient (Wildman–Crippen LogP) is 8.70. The lowest BCUT2D eigenvalue weighted by Gasteiger charge is -2.53. The Morgan fingerprint density at radius 1 is 0.660 bits per heavy atom. The van der Waals surface area contributed by atoms with E-state index < -0.39 is 11.7 Å². The van der Waals surface area contributed by atoms with Crippen LogP contribution in [0.25, 0.3) is 0 Å². The molecule has 1 N–H and O–H groups in total. The SMILES string of the molecule is COc1ccc(C2C(COC(c3ccccc3)(c3ccccc3)c3ccccc3)CN(Cc3ccccc3)C(C(C)(C)C)C2O)cc1. The molecule has 1 heterocycles. The van der Waals surface area contributed by atoms with Gasteiger partial charge < -0.3 is 14.6 Å². The topological polar surface area (TPSA) is 41.9 Å². The van der Waals surface area contributed by atoms with Crippen LogP contribution >= 0.6 is 0 Å². The molecule has 0 aromatic heterocycles. The number of hydrogen-bond acceptors (Lipinski definition) is 4. The zero-order valence-corrected chi connectivity index (χ0v) is 28.0. The normalized spacial score (nSPS) is 20.5. The number of aliphatic hydroxyl groups is 1. The lowest BCUT2D eigenvalue weighted by atomic mass is 9.68. The summed E-state index contributed by atoms with van der Waals surface area (Å²) < 4.78 is 12.9. The van der Waals surface area contributed by atoms with E-state index in [0.29, 0.717) is 6.61 Å². The van der Waals surface area contributed by atoms with Crippen LogP contribution in [0.2, 0.25) is 0 Å². The molecule has 4 heteroatoms. The summed E-state index contributed by atoms with van der Waals surface area (Å²) in [5, 5.41) is 12.5. The van der Waals surface area contributed by atoms with Gasteiger partial charge in [-0.1, -0.05) is 154 Å². The Hall–Kier alpha value is -4.22. The van der Waals surface area contributed by atoms with Crippen molar-refractivity contribution in [1.82, 2.24) is 4.90 Å². The average Bonchev–Trinajstić information content (AvgIpc) is 3.10. The van der Waals surface area contributed by atoms with Crippen LogP contribution in [0.4, 0.5) is 0 Å². The molecule has 1 fully saturated rings. The first-order chi connectivity index (χ1) is 22.8. The summed E-state index contributed by atoms with van der Waals surface area (Å²) >= 11 is 0. The molecule has 5 aromatic rings. The summed E-state index contributed by atoms with van der Waals surface area (Å²) in [4.78, 5) is 2.49. The molecule has 5 aromatic carbocycles. The highest BCUT2D eigenvalue weighted by Crippen LogP contribution is 2.46. The van der Waals surface area contributed by atoms with Gasteiger partial charge in [0.2, 0.25) is 0 Å². The van der Waals surface area contributed by atoms with E-state index >= 15 is 0 Å². The van der Waals surface area contributed by atoms with E-state index in [9.17, 15) is 5.11 Å². The van der Waals surface area contributed by atoms with Gasteiger partial charge in [-0.2, -0.15) is 0 Å². The third kappa shape index (κ3) is 6.92. The molecule has 0 saturated carbocycles. The number of ether oxygens (including phenoxy) is 2. The van der Waals surface area contributed by atoms with Crippen LogP contribution in [0.1, 0.15) is 54.5 Å². The van der Waals surface area contributed by atoms with Gasteiger partial charge in [-0.15, -0.1) is 0 Å². The van der Waals surface area contributed by atoms with Crippen molar-refractivity contribution in [3.8, 4) is 5.75 Å². The van der Waals surface area contributed by atoms with Crippen molar-refractivity contribution in [2.75, 3.05) is 20.3 Å². The molecule has 0 bridgehead atoms. The summed E-state index contributed by atoms with van der Waals surface area (Å²) in [6.07, 6.45) is -0.617. The fourth-order valence-corrected chi connectivity index (χ4v) is 7.71. The number of benzene rings is 5. The molecule has 1 saturated heterocycles. The second-order valence-corrected chi connectivity index (χ2v) is 13.9. The van der Waals surface area contributed by atoms with E-state index in [-0.39, 0.29) is 23.3 Å². The third-order valence-corrected chi connectivity index (χ3v) is 9.73. The maximum atomic E-state index is 12.5. The van der Waals surface area contributed by atoms with Gasteiger partial charge in [0.15, 0.2) is 0 Å². The Bertz CT molecular complexity index is 1570. The highest BCUT2D eigenvalue weighted by atomic mass is 16.5. The number of hydrogen-bond donors (Lipinski definition) is 1. The first-order valence-corrected chi connectivity index (χ1v) is 16.7. The zero-order valence-electron chi connectivity index (χ0n) is 28.0. The minimum absolute atomic E-state index is 0.00350. The molecular formula is C43H47NO3. The van der Waals surface area contributed by atoms with Gasteiger partial charge in [0, 0.05) is 31.0 Å². The molecule has 0 amide bonds. The van der Waals surface area contributed by atoms with Gasteiger partial charge in [-0.25, -0.2) is 0 Å². The second-order valence-electron chi connectivity index (χ2n) is 13.9. The fourth-order valence-electron chi connectivity index (χ4n) is 7.71. The van der Waals surface area contributed by atoms with Gasteiger partial charge in [0.05, 0.1) is 19.8 Å². The van der Waals surface area contributed by atoms with Gasteiger partial charge in [0.1, 0.15) is 11.4 Å². The van der Waals surface area contributed by atoms with Crippen LogP contribution in [-0.4, -0.2) is 42.4 Å². The van der Waals surface area contributed by atoms with Gasteiger partial charge >= 0.3 is 0 Å². The number of likely N-dealkylation sites (tertiary alicyclic amines) is 1. The molecule has 47 heavy (non-hydrogen) atoms. The van der Waals surface area contributed by atoms with Crippen molar-refractivity contribution >= 4 is 0 Å². The molecule has 1 aliphatic heterocycles. The van der Waals surface area contributed by atoms with Gasteiger partial charge in [-0.3, -0.25) is 4.90 Å². The molecule has 0 radical (unpaired) electrons. The molecule has 0 spiro atoms. The predicted molar refractivity (Wildman–Crippen MR) is 190 cm³/mol. The summed E-state index contributed by atoms with van der Waals surface area (Å²) in [7, 11) is 1.69. The quantitative estimate of drug-likeness (QED) is 0.158. The Balaban J connectivity index is 1.46. The van der Waals surface area contributed by atoms with Crippen molar-refractivity contribution in [3.63, 3.8) is 0 Å². The molecule has 242 valence electrons. The molecule has 1 aliphatic rings. The van der Waals surface area contributed by atoms with E-state index in [1.165, 1.54) is 5.56 Å². The summed E-state index contributed by atoms with van der Waals surface area (Å²) in [6, 6.07) is 50.4. The van der Waals surface area contributed by atoms with Crippen molar-refractivity contribution in [1.29, 1.82) is 0 Å². The van der Waals surface area contributed by atoms with Crippen molar-refractivity contribution in [2.45, 2.75) is 51.0 Å². The first kappa shape index (κ1) is 32.7. The monoisotopic (exact) mass is 625 g/mol. The van der Waals surface area contributed by atoms with Gasteiger partial charge in [0.25, 0.3) is 0 Å². The number of methoxy groups -OCH3 is 1. The number of piperidine rings is 1. The minimum Gasteiger partial charge on any atom is -0.497 e. The Morgan fingerprint density at radius 2 is 1.13 bits per heavy atom. The second kappa shape index (κ2) is 14.3. The van der Waals surface area contributed by atoms with Gasteiger partial charge in [-0.05, 0) is 45.4 Å². The lowest BCUT2D eigenvalue weighted by molar-refractivity contribution is -0.107. The molecule has 4 nitrogen and oxygen atoms in total. The number of nitrogens with zero attached hydrogens (tertiary/aromatic N) is 1. The largest absolute Gasteiger partial charge is 0.497 e. The van der Waals surface area contributed by atoms with E-state index in [1.807, 2.05) is 12.1 Å². The average molecular weight is 626 g/mol. The maximum absolute atomic E-state index is 12.5. The van der Waals surface area contributed by atoms with E-state index in [0.717, 1.165) is 41.1 Å². The van der Waals surface area contributed by atoms with Crippen LogP contribution in [0.5, 0.6) is 5.75 Å². The van der Waals surface area contributed by atoms with Crippen LogP contribution in [0, 0.1) is 11.3 Å². The van der Waals surface area contributed by atoms with Crippen molar-refractivity contribution in [2.24, 2.45) is 11.3 Å². The van der Waals surface area contributed by atoms with Crippen LogP contribution < -0.4 is 4.74 Å². The van der Waals surface area contributed by atoms with Crippen molar-refractivity contribution in [3.05, 3.63) is 173 Å².